The predicted octanol–water partition coefficient (Wildman–Crippen LogP) is 4.29. The summed E-state index contributed by atoms with van der Waals surface area (Å²) in [4.78, 5) is 10.6. The third-order valence-electron chi connectivity index (χ3n) is 3.49. The Hall–Kier alpha value is -2.73. The lowest BCUT2D eigenvalue weighted by atomic mass is 10.0. The minimum Gasteiger partial charge on any atom is -0.508 e. The third-order valence-corrected chi connectivity index (χ3v) is 3.70. The van der Waals surface area contributed by atoms with Crippen LogP contribution in [0.4, 0.5) is 5.69 Å². The summed E-state index contributed by atoms with van der Waals surface area (Å²) in [6.45, 7) is 0. The second kappa shape index (κ2) is 5.81. The van der Waals surface area contributed by atoms with Gasteiger partial charge in [0.25, 0.3) is 0 Å². The summed E-state index contributed by atoms with van der Waals surface area (Å²) in [6, 6.07) is 9.61. The number of fused-ring (bicyclic) bond motifs is 1. The summed E-state index contributed by atoms with van der Waals surface area (Å²) in [6.07, 6.45) is 0.598. The van der Waals surface area contributed by atoms with Crippen LogP contribution in [0.3, 0.4) is 0 Å². The number of nitro benzene ring substituents is 1. The number of methoxy groups -OCH3 is 1. The molecule has 1 N–H and O–H groups in total. The molecule has 1 atom stereocenters. The highest BCUT2D eigenvalue weighted by molar-refractivity contribution is 6.31. The molecule has 0 radical (unpaired) electrons. The van der Waals surface area contributed by atoms with Crippen LogP contribution in [0, 0.1) is 10.1 Å². The molecule has 1 aliphatic heterocycles. The monoisotopic (exact) mass is 333 g/mol. The fourth-order valence-electron chi connectivity index (χ4n) is 2.40. The van der Waals surface area contributed by atoms with Gasteiger partial charge in [-0.1, -0.05) is 23.7 Å². The van der Waals surface area contributed by atoms with Crippen LogP contribution in [0.1, 0.15) is 17.2 Å². The predicted molar refractivity (Wildman–Crippen MR) is 85.1 cm³/mol. The molecule has 1 heterocycles. The number of aliphatic hydroxyl groups is 1. The molecule has 1 aliphatic rings. The van der Waals surface area contributed by atoms with E-state index in [1.54, 1.807) is 31.4 Å². The van der Waals surface area contributed by atoms with E-state index in [-0.39, 0.29) is 22.2 Å². The zero-order valence-electron chi connectivity index (χ0n) is 12.0. The summed E-state index contributed by atoms with van der Waals surface area (Å²) in [5, 5.41) is 21.6. The number of nitro groups is 1. The van der Waals surface area contributed by atoms with E-state index in [1.807, 2.05) is 0 Å². The first-order valence-corrected chi connectivity index (χ1v) is 7.06. The fraction of sp³-hybridized carbons (Fsp3) is 0.125. The third kappa shape index (κ3) is 2.80. The van der Waals surface area contributed by atoms with Crippen LogP contribution in [-0.2, 0) is 0 Å². The largest absolute Gasteiger partial charge is 0.508 e. The maximum atomic E-state index is 11.2. The van der Waals surface area contributed by atoms with Crippen molar-refractivity contribution in [3.8, 4) is 11.5 Å². The standard InChI is InChI=1S/C16H12ClNO5/c1-22-12-4-2-9(3-5-12)16-14(19)7-10-6-11(17)8-13(18(20)21)15(10)23-16/h2-8,16,19H,1H3. The molecule has 0 amide bonds. The highest BCUT2D eigenvalue weighted by Gasteiger charge is 2.30. The van der Waals surface area contributed by atoms with E-state index in [0.29, 0.717) is 16.9 Å². The molecule has 2 aromatic rings. The summed E-state index contributed by atoms with van der Waals surface area (Å²) >= 11 is 5.88. The molecule has 3 rings (SSSR count). The lowest BCUT2D eigenvalue weighted by Crippen LogP contribution is -2.15. The van der Waals surface area contributed by atoms with Crippen LogP contribution >= 0.6 is 11.6 Å². The van der Waals surface area contributed by atoms with E-state index in [0.717, 1.165) is 0 Å². The van der Waals surface area contributed by atoms with Gasteiger partial charge < -0.3 is 14.6 Å². The smallest absolute Gasteiger partial charge is 0.313 e. The first kappa shape index (κ1) is 15.2. The van der Waals surface area contributed by atoms with Crippen molar-refractivity contribution in [3.63, 3.8) is 0 Å². The lowest BCUT2D eigenvalue weighted by Gasteiger charge is -2.24. The van der Waals surface area contributed by atoms with Crippen LogP contribution in [0.15, 0.2) is 42.2 Å². The SMILES string of the molecule is COc1ccc(C2Oc3c(cc(Cl)cc3[N+](=O)[O-])C=C2O)cc1. The summed E-state index contributed by atoms with van der Waals surface area (Å²) < 4.78 is 10.8. The van der Waals surface area contributed by atoms with Crippen molar-refractivity contribution in [1.29, 1.82) is 0 Å². The van der Waals surface area contributed by atoms with Crippen LogP contribution in [-0.4, -0.2) is 17.1 Å². The van der Waals surface area contributed by atoms with Gasteiger partial charge in [-0.25, -0.2) is 0 Å². The number of hydrogen-bond acceptors (Lipinski definition) is 5. The highest BCUT2D eigenvalue weighted by Crippen LogP contribution is 2.43. The molecule has 7 heteroatoms. The summed E-state index contributed by atoms with van der Waals surface area (Å²) in [5.74, 6) is 0.684. The molecule has 6 nitrogen and oxygen atoms in total. The van der Waals surface area contributed by atoms with E-state index >= 15 is 0 Å². The molecule has 0 fully saturated rings. The fourth-order valence-corrected chi connectivity index (χ4v) is 2.62. The van der Waals surface area contributed by atoms with Crippen molar-refractivity contribution in [2.45, 2.75) is 6.10 Å². The first-order chi connectivity index (χ1) is 11.0. The molecule has 2 aromatic carbocycles. The van der Waals surface area contributed by atoms with Crippen LogP contribution in [0.25, 0.3) is 6.08 Å². The zero-order valence-corrected chi connectivity index (χ0v) is 12.8. The molecule has 0 saturated heterocycles. The van der Waals surface area contributed by atoms with Gasteiger partial charge in [0.2, 0.25) is 5.75 Å². The average Bonchev–Trinajstić information content (AvgIpc) is 2.53. The van der Waals surface area contributed by atoms with E-state index in [1.165, 1.54) is 18.2 Å². The quantitative estimate of drug-likeness (QED) is 0.669. The second-order valence-corrected chi connectivity index (χ2v) is 5.38. The average molecular weight is 334 g/mol. The second-order valence-electron chi connectivity index (χ2n) is 4.94. The van der Waals surface area contributed by atoms with Crippen LogP contribution in [0.5, 0.6) is 11.5 Å². The van der Waals surface area contributed by atoms with E-state index < -0.39 is 11.0 Å². The molecule has 1 unspecified atom stereocenters. The summed E-state index contributed by atoms with van der Waals surface area (Å²) in [5.41, 5.74) is 0.774. The number of nitrogens with zero attached hydrogens (tertiary/aromatic N) is 1. The Morgan fingerprint density at radius 3 is 2.61 bits per heavy atom. The number of benzene rings is 2. The molecule has 0 aromatic heterocycles. The number of halogens is 1. The van der Waals surface area contributed by atoms with Crippen molar-refractivity contribution >= 4 is 23.4 Å². The number of hydrogen-bond donors (Lipinski definition) is 1. The van der Waals surface area contributed by atoms with Gasteiger partial charge in [-0.15, -0.1) is 0 Å². The van der Waals surface area contributed by atoms with Crippen molar-refractivity contribution in [3.05, 3.63) is 68.4 Å². The number of aliphatic hydroxyl groups excluding tert-OH is 1. The van der Waals surface area contributed by atoms with Crippen molar-refractivity contribution in [2.75, 3.05) is 7.11 Å². The molecule has 118 valence electrons. The minimum absolute atomic E-state index is 0.0563. The van der Waals surface area contributed by atoms with Gasteiger partial charge in [-0.3, -0.25) is 10.1 Å². The van der Waals surface area contributed by atoms with E-state index in [9.17, 15) is 15.2 Å². The topological polar surface area (TPSA) is 81.8 Å². The first-order valence-electron chi connectivity index (χ1n) is 6.68. The van der Waals surface area contributed by atoms with Gasteiger partial charge in [0.05, 0.1) is 12.0 Å². The molecule has 0 spiro atoms. The summed E-state index contributed by atoms with van der Waals surface area (Å²) in [7, 11) is 1.55. The molecular formula is C16H12ClNO5. The minimum atomic E-state index is -0.826. The van der Waals surface area contributed by atoms with Gasteiger partial charge >= 0.3 is 5.69 Å². The Kier molecular flexibility index (Phi) is 3.83. The molecule has 0 saturated carbocycles. The zero-order chi connectivity index (χ0) is 16.6. The lowest BCUT2D eigenvalue weighted by molar-refractivity contribution is -0.386. The number of rotatable bonds is 3. The Morgan fingerprint density at radius 1 is 1.30 bits per heavy atom. The van der Waals surface area contributed by atoms with Gasteiger partial charge in [-0.05, 0) is 24.3 Å². The van der Waals surface area contributed by atoms with Crippen LogP contribution < -0.4 is 9.47 Å². The van der Waals surface area contributed by atoms with Gasteiger partial charge in [-0.2, -0.15) is 0 Å². The molecule has 23 heavy (non-hydrogen) atoms. The Bertz CT molecular complexity index is 801. The Labute approximate surface area is 136 Å². The van der Waals surface area contributed by atoms with Crippen molar-refractivity contribution < 1.29 is 19.5 Å². The van der Waals surface area contributed by atoms with Crippen molar-refractivity contribution in [2.24, 2.45) is 0 Å². The van der Waals surface area contributed by atoms with E-state index in [4.69, 9.17) is 21.1 Å². The maximum Gasteiger partial charge on any atom is 0.313 e. The van der Waals surface area contributed by atoms with E-state index in [2.05, 4.69) is 0 Å². The van der Waals surface area contributed by atoms with Gasteiger partial charge in [0.1, 0.15) is 11.5 Å². The highest BCUT2D eigenvalue weighted by atomic mass is 35.5. The Balaban J connectivity index is 2.05. The molecule has 0 aliphatic carbocycles. The molecular weight excluding hydrogens is 322 g/mol. The van der Waals surface area contributed by atoms with Gasteiger partial charge in [0, 0.05) is 22.2 Å². The number of ether oxygens (including phenoxy) is 2. The van der Waals surface area contributed by atoms with Gasteiger partial charge in [0.15, 0.2) is 6.10 Å². The normalized spacial score (nSPS) is 16.1. The Morgan fingerprint density at radius 2 is 2.00 bits per heavy atom. The van der Waals surface area contributed by atoms with Crippen LogP contribution in [0.2, 0.25) is 5.02 Å². The molecule has 0 bridgehead atoms. The maximum absolute atomic E-state index is 11.2. The van der Waals surface area contributed by atoms with Crippen molar-refractivity contribution in [1.82, 2.24) is 0 Å².